The summed E-state index contributed by atoms with van der Waals surface area (Å²) in [6.07, 6.45) is 0.838. The van der Waals surface area contributed by atoms with Gasteiger partial charge in [0.1, 0.15) is 5.82 Å². The fraction of sp³-hybridized carbons (Fsp3) is 0.250. The molecule has 4 rings (SSSR count). The topological polar surface area (TPSA) is 29.6 Å². The number of halogens is 2. The average molecular weight is 403 g/mol. The average Bonchev–Trinajstić information content (AvgIpc) is 3.18. The van der Waals surface area contributed by atoms with Crippen molar-refractivity contribution in [1.29, 1.82) is 0 Å². The molecule has 152 valence electrons. The molecule has 0 unspecified atom stereocenters. The number of fused-ring (bicyclic) bond motifs is 1. The van der Waals surface area contributed by atoms with Crippen molar-refractivity contribution in [1.82, 2.24) is 4.48 Å². The van der Waals surface area contributed by atoms with E-state index < -0.39 is 7.40 Å². The van der Waals surface area contributed by atoms with Crippen molar-refractivity contribution in [3.8, 4) is 11.3 Å². The van der Waals surface area contributed by atoms with E-state index in [2.05, 4.69) is 16.9 Å². The van der Waals surface area contributed by atoms with Gasteiger partial charge in [0.25, 0.3) is 0 Å². The maximum absolute atomic E-state index is 14.5. The highest BCUT2D eigenvalue weighted by molar-refractivity contribution is 6.44. The van der Waals surface area contributed by atoms with Gasteiger partial charge in [-0.15, -0.1) is 0 Å². The van der Waals surface area contributed by atoms with E-state index in [1.165, 1.54) is 0 Å². The van der Waals surface area contributed by atoms with Crippen molar-refractivity contribution >= 4 is 35.5 Å². The summed E-state index contributed by atoms with van der Waals surface area (Å²) in [4.78, 5) is 9.26. The maximum atomic E-state index is 14.5. The SMILES string of the molecule is CCC1=C(C)/C(=N/c2c3ccccc3c(-c3cccc(C)c3C)n2B(F)F)N=C1C. The van der Waals surface area contributed by atoms with Gasteiger partial charge in [0.2, 0.25) is 0 Å². The van der Waals surface area contributed by atoms with Crippen molar-refractivity contribution in [3.05, 3.63) is 64.7 Å². The van der Waals surface area contributed by atoms with Crippen molar-refractivity contribution in [3.63, 3.8) is 0 Å². The summed E-state index contributed by atoms with van der Waals surface area (Å²) >= 11 is 0. The molecule has 30 heavy (non-hydrogen) atoms. The number of rotatable bonds is 4. The summed E-state index contributed by atoms with van der Waals surface area (Å²) in [5.74, 6) is 0.766. The number of benzene rings is 2. The molecule has 0 amide bonds. The molecule has 0 bridgehead atoms. The predicted octanol–water partition coefficient (Wildman–Crippen LogP) is 6.93. The molecular weight excluding hydrogens is 379 g/mol. The van der Waals surface area contributed by atoms with Gasteiger partial charge in [0.05, 0.1) is 5.69 Å². The summed E-state index contributed by atoms with van der Waals surface area (Å²) in [5.41, 5.74) is 6.33. The van der Waals surface area contributed by atoms with Crippen LogP contribution in [0.1, 0.15) is 38.3 Å². The zero-order chi connectivity index (χ0) is 21.6. The number of amidine groups is 1. The van der Waals surface area contributed by atoms with Crippen LogP contribution in [0.4, 0.5) is 14.4 Å². The lowest BCUT2D eigenvalue weighted by Gasteiger charge is -2.13. The molecule has 1 aliphatic rings. The van der Waals surface area contributed by atoms with Crippen LogP contribution in [-0.4, -0.2) is 23.4 Å². The van der Waals surface area contributed by atoms with Crippen LogP contribution in [0.5, 0.6) is 0 Å². The summed E-state index contributed by atoms with van der Waals surface area (Å²) in [6.45, 7) is 9.93. The fourth-order valence-electron chi connectivity index (χ4n) is 4.28. The molecule has 1 aromatic heterocycles. The predicted molar refractivity (Wildman–Crippen MR) is 123 cm³/mol. The van der Waals surface area contributed by atoms with Gasteiger partial charge < -0.3 is 4.48 Å². The van der Waals surface area contributed by atoms with Gasteiger partial charge >= 0.3 is 7.40 Å². The Hall–Kier alpha value is -3.02. The Morgan fingerprint density at radius 2 is 1.67 bits per heavy atom. The van der Waals surface area contributed by atoms with Gasteiger partial charge in [0.15, 0.2) is 5.84 Å². The van der Waals surface area contributed by atoms with Crippen LogP contribution in [0.15, 0.2) is 63.6 Å². The molecular formula is C24H24BF2N3. The summed E-state index contributed by atoms with van der Waals surface area (Å²) in [6, 6.07) is 13.3. The summed E-state index contributed by atoms with van der Waals surface area (Å²) in [7, 11) is -2.73. The molecule has 0 atom stereocenters. The zero-order valence-electron chi connectivity index (χ0n) is 17.9. The van der Waals surface area contributed by atoms with Crippen LogP contribution in [-0.2, 0) is 0 Å². The Balaban J connectivity index is 2.08. The standard InChI is InChI=1S/C24H24BF2N3/c1-6-18-16(4)23(28-17(18)5)29-24-21-12-8-7-11-20(21)22(30(24)25(26)27)19-13-9-10-14(2)15(19)3/h7-13H,6H2,1-5H3/b29-23-. The summed E-state index contributed by atoms with van der Waals surface area (Å²) in [5, 5.41) is 1.47. The van der Waals surface area contributed by atoms with Crippen LogP contribution in [0.3, 0.4) is 0 Å². The molecule has 0 fully saturated rings. The lowest BCUT2D eigenvalue weighted by atomic mass is 9.98. The highest BCUT2D eigenvalue weighted by atomic mass is 19.2. The minimum atomic E-state index is -2.73. The lowest BCUT2D eigenvalue weighted by molar-refractivity contribution is 0.633. The van der Waals surface area contributed by atoms with Crippen LogP contribution in [0.2, 0.25) is 0 Å². The van der Waals surface area contributed by atoms with Crippen LogP contribution >= 0.6 is 0 Å². The number of hydrogen-bond acceptors (Lipinski definition) is 1. The number of aliphatic imine (C=N–C) groups is 2. The quantitative estimate of drug-likeness (QED) is 0.423. The van der Waals surface area contributed by atoms with Gasteiger partial charge in [0, 0.05) is 22.0 Å². The van der Waals surface area contributed by atoms with Crippen molar-refractivity contribution < 1.29 is 8.63 Å². The van der Waals surface area contributed by atoms with Crippen LogP contribution in [0.25, 0.3) is 22.0 Å². The third-order valence-electron chi connectivity index (χ3n) is 6.01. The Labute approximate surface area is 176 Å². The molecule has 0 N–H and O–H groups in total. The highest BCUT2D eigenvalue weighted by Crippen LogP contribution is 2.41. The first-order valence-electron chi connectivity index (χ1n) is 10.2. The van der Waals surface area contributed by atoms with E-state index in [1.54, 1.807) is 0 Å². The minimum Gasteiger partial charge on any atom is -0.309 e. The normalized spacial score (nSPS) is 15.4. The van der Waals surface area contributed by atoms with Crippen molar-refractivity contribution in [2.45, 2.75) is 41.0 Å². The first-order valence-corrected chi connectivity index (χ1v) is 10.2. The van der Waals surface area contributed by atoms with Crippen LogP contribution < -0.4 is 0 Å². The third kappa shape index (κ3) is 3.11. The van der Waals surface area contributed by atoms with E-state index in [-0.39, 0.29) is 5.82 Å². The molecule has 0 saturated carbocycles. The molecule has 0 radical (unpaired) electrons. The van der Waals surface area contributed by atoms with Crippen molar-refractivity contribution in [2.75, 3.05) is 0 Å². The molecule has 1 aliphatic heterocycles. The second kappa shape index (κ2) is 7.67. The second-order valence-corrected chi connectivity index (χ2v) is 7.70. The Morgan fingerprint density at radius 3 is 2.30 bits per heavy atom. The Morgan fingerprint density at radius 1 is 0.967 bits per heavy atom. The molecule has 3 nitrogen and oxygen atoms in total. The zero-order valence-corrected chi connectivity index (χ0v) is 17.9. The first-order chi connectivity index (χ1) is 14.3. The Kier molecular flexibility index (Phi) is 5.18. The highest BCUT2D eigenvalue weighted by Gasteiger charge is 2.30. The Bertz CT molecular complexity index is 1250. The number of nitrogens with zero attached hydrogens (tertiary/aromatic N) is 3. The van der Waals surface area contributed by atoms with E-state index in [0.29, 0.717) is 16.9 Å². The molecule has 0 aliphatic carbocycles. The molecule has 6 heteroatoms. The first kappa shape index (κ1) is 20.3. The van der Waals surface area contributed by atoms with Crippen molar-refractivity contribution in [2.24, 2.45) is 9.98 Å². The second-order valence-electron chi connectivity index (χ2n) is 7.70. The van der Waals surface area contributed by atoms with Gasteiger partial charge in [-0.25, -0.2) is 9.98 Å². The van der Waals surface area contributed by atoms with Gasteiger partial charge in [-0.3, -0.25) is 8.63 Å². The largest absolute Gasteiger partial charge is 0.679 e. The number of hydrogen-bond donors (Lipinski definition) is 0. The third-order valence-corrected chi connectivity index (χ3v) is 6.01. The minimum absolute atomic E-state index is 0.250. The van der Waals surface area contributed by atoms with E-state index in [4.69, 9.17) is 0 Å². The molecule has 2 heterocycles. The van der Waals surface area contributed by atoms with Gasteiger partial charge in [-0.2, -0.15) is 0 Å². The van der Waals surface area contributed by atoms with E-state index in [0.717, 1.165) is 49.8 Å². The van der Waals surface area contributed by atoms with Gasteiger partial charge in [-0.05, 0) is 56.4 Å². The molecule has 0 spiro atoms. The van der Waals surface area contributed by atoms with E-state index in [1.807, 2.05) is 70.2 Å². The van der Waals surface area contributed by atoms with Crippen LogP contribution in [0, 0.1) is 13.8 Å². The lowest BCUT2D eigenvalue weighted by Crippen LogP contribution is -2.14. The molecule has 0 saturated heterocycles. The van der Waals surface area contributed by atoms with E-state index >= 15 is 0 Å². The smallest absolute Gasteiger partial charge is 0.309 e. The molecule has 2 aromatic carbocycles. The van der Waals surface area contributed by atoms with Gasteiger partial charge in [-0.1, -0.05) is 49.4 Å². The monoisotopic (exact) mass is 403 g/mol. The number of allylic oxidation sites excluding steroid dienone is 1. The van der Waals surface area contributed by atoms with E-state index in [9.17, 15) is 8.63 Å². The maximum Gasteiger partial charge on any atom is 0.679 e. The fourth-order valence-corrected chi connectivity index (χ4v) is 4.28. The summed E-state index contributed by atoms with van der Waals surface area (Å²) < 4.78 is 30.0. The number of aromatic nitrogens is 1. The molecule has 3 aromatic rings. The number of aryl methyl sites for hydroxylation is 1.